The molecule has 1 atom stereocenters. The number of aromatic hydroxyl groups is 5. The number of aliphatic hydroxyl groups is 1. The molecule has 222 valence electrons. The maximum absolute atomic E-state index is 11.9. The van der Waals surface area contributed by atoms with E-state index in [4.69, 9.17) is 0 Å². The number of phenols is 5. The van der Waals surface area contributed by atoms with E-state index in [1.807, 2.05) is 60.7 Å². The average Bonchev–Trinajstić information content (AvgIpc) is 3.01. The van der Waals surface area contributed by atoms with E-state index in [-0.39, 0.29) is 28.7 Å². The lowest BCUT2D eigenvalue weighted by atomic mass is 9.85. The van der Waals surface area contributed by atoms with Crippen LogP contribution in [-0.4, -0.2) is 36.7 Å². The number of rotatable bonds is 8. The van der Waals surface area contributed by atoms with Crippen LogP contribution >= 0.6 is 0 Å². The van der Waals surface area contributed by atoms with Crippen LogP contribution in [0.5, 0.6) is 28.7 Å². The number of phenolic OH excluding ortho intramolecular Hbond substituents is 5. The Kier molecular flexibility index (Phi) is 8.01. The number of benzene rings is 5. The molecule has 6 N–H and O–H groups in total. The molecule has 6 heteroatoms. The van der Waals surface area contributed by atoms with Gasteiger partial charge in [-0.3, -0.25) is 0 Å². The summed E-state index contributed by atoms with van der Waals surface area (Å²) in [6.45, 7) is 0. The molecule has 0 aromatic heterocycles. The molecule has 0 saturated heterocycles. The molecule has 0 radical (unpaired) electrons. The zero-order valence-electron chi connectivity index (χ0n) is 24.1. The Balaban J connectivity index is 1.57. The number of allylic oxidation sites excluding steroid dienone is 2. The molecule has 0 amide bonds. The number of hydrogen-bond donors (Lipinski definition) is 6. The Morgan fingerprint density at radius 3 is 1.27 bits per heavy atom. The molecule has 1 aliphatic carbocycles. The minimum absolute atomic E-state index is 0.0815. The smallest absolute Gasteiger partial charge is 0.127 e. The molecule has 1 aliphatic rings. The number of fused-ring (bicyclic) bond motifs is 1. The van der Waals surface area contributed by atoms with Crippen molar-refractivity contribution in [3.8, 4) is 28.7 Å². The predicted molar refractivity (Wildman–Crippen MR) is 172 cm³/mol. The van der Waals surface area contributed by atoms with Crippen LogP contribution in [-0.2, 0) is 25.7 Å². The molecular weight excluding hydrogens is 552 g/mol. The van der Waals surface area contributed by atoms with Crippen molar-refractivity contribution in [3.05, 3.63) is 148 Å². The molecule has 0 heterocycles. The third-order valence-corrected chi connectivity index (χ3v) is 8.21. The van der Waals surface area contributed by atoms with Gasteiger partial charge in [-0.05, 0) is 100 Å². The van der Waals surface area contributed by atoms with Gasteiger partial charge in [0, 0.05) is 23.6 Å². The molecule has 6 nitrogen and oxygen atoms in total. The summed E-state index contributed by atoms with van der Waals surface area (Å²) < 4.78 is 0. The van der Waals surface area contributed by atoms with Crippen molar-refractivity contribution in [1.82, 2.24) is 0 Å². The van der Waals surface area contributed by atoms with Gasteiger partial charge in [0.1, 0.15) is 28.7 Å². The molecule has 5 aromatic carbocycles. The van der Waals surface area contributed by atoms with Crippen molar-refractivity contribution in [2.45, 2.75) is 38.2 Å². The summed E-state index contributed by atoms with van der Waals surface area (Å²) >= 11 is 0. The zero-order chi connectivity index (χ0) is 30.8. The highest BCUT2D eigenvalue weighted by molar-refractivity contribution is 6.00. The second-order valence-electron chi connectivity index (χ2n) is 11.5. The van der Waals surface area contributed by atoms with Crippen LogP contribution in [0.2, 0.25) is 0 Å². The third-order valence-electron chi connectivity index (χ3n) is 8.21. The molecule has 1 unspecified atom stereocenters. The summed E-state index contributed by atoms with van der Waals surface area (Å²) in [6.07, 6.45) is 7.35. The van der Waals surface area contributed by atoms with Gasteiger partial charge in [-0.25, -0.2) is 0 Å². The molecular formula is C38H34O6. The van der Waals surface area contributed by atoms with Crippen molar-refractivity contribution >= 4 is 10.8 Å². The van der Waals surface area contributed by atoms with Crippen LogP contribution in [0, 0.1) is 0 Å². The largest absolute Gasteiger partial charge is 0.508 e. The van der Waals surface area contributed by atoms with Gasteiger partial charge >= 0.3 is 0 Å². The standard InChI is InChI=1S/C38H34O6/c39-31-9-1-23(2-10-31)17-27-21-29(19-25-5-13-33(41)14-6-25)38(44)36-28(18-24-3-11-32(40)12-4-24)22-30(37(43)35(27)36)20-26-7-15-34(42)16-8-26/h1-15,21-22,34,39-44H,16-20H2. The van der Waals surface area contributed by atoms with Gasteiger partial charge in [0.2, 0.25) is 0 Å². The molecule has 6 rings (SSSR count). The fourth-order valence-electron chi connectivity index (χ4n) is 5.94. The fraction of sp³-hybridized carbons (Fsp3) is 0.158. The number of aliphatic hydroxyl groups excluding tert-OH is 1. The minimum Gasteiger partial charge on any atom is -0.508 e. The van der Waals surface area contributed by atoms with Crippen LogP contribution in [0.4, 0.5) is 0 Å². The van der Waals surface area contributed by atoms with E-state index in [9.17, 15) is 30.6 Å². The second-order valence-corrected chi connectivity index (χ2v) is 11.5. The average molecular weight is 587 g/mol. The Labute approximate surface area is 255 Å². The van der Waals surface area contributed by atoms with Gasteiger partial charge in [-0.2, -0.15) is 0 Å². The molecule has 0 fully saturated rings. The zero-order valence-corrected chi connectivity index (χ0v) is 24.1. The van der Waals surface area contributed by atoms with E-state index in [1.165, 1.54) is 0 Å². The van der Waals surface area contributed by atoms with E-state index in [2.05, 4.69) is 0 Å². The quantitative estimate of drug-likeness (QED) is 0.117. The topological polar surface area (TPSA) is 121 Å². The highest BCUT2D eigenvalue weighted by atomic mass is 16.3. The summed E-state index contributed by atoms with van der Waals surface area (Å²) in [5.41, 5.74) is 6.80. The summed E-state index contributed by atoms with van der Waals surface area (Å²) in [4.78, 5) is 0. The van der Waals surface area contributed by atoms with E-state index in [1.54, 1.807) is 42.5 Å². The van der Waals surface area contributed by atoms with Crippen LogP contribution in [0.1, 0.15) is 45.4 Å². The van der Waals surface area contributed by atoms with E-state index in [0.29, 0.717) is 54.0 Å². The molecule has 5 aromatic rings. The Hall–Kier alpha value is -5.20. The van der Waals surface area contributed by atoms with Gasteiger partial charge < -0.3 is 30.6 Å². The molecule has 0 aliphatic heterocycles. The lowest BCUT2D eigenvalue weighted by Crippen LogP contribution is -2.06. The van der Waals surface area contributed by atoms with Crippen molar-refractivity contribution in [2.24, 2.45) is 0 Å². The van der Waals surface area contributed by atoms with Crippen LogP contribution in [0.3, 0.4) is 0 Å². The summed E-state index contributed by atoms with van der Waals surface area (Å²) in [5, 5.41) is 64.4. The highest BCUT2D eigenvalue weighted by Gasteiger charge is 2.22. The van der Waals surface area contributed by atoms with Crippen LogP contribution in [0.25, 0.3) is 10.8 Å². The van der Waals surface area contributed by atoms with Crippen molar-refractivity contribution in [2.75, 3.05) is 0 Å². The first kappa shape index (κ1) is 28.9. The highest BCUT2D eigenvalue weighted by Crippen LogP contribution is 2.44. The van der Waals surface area contributed by atoms with Gasteiger partial charge in [0.05, 0.1) is 6.10 Å². The van der Waals surface area contributed by atoms with Gasteiger partial charge in [0.15, 0.2) is 0 Å². The predicted octanol–water partition coefficient (Wildman–Crippen LogP) is 6.93. The summed E-state index contributed by atoms with van der Waals surface area (Å²) in [7, 11) is 0. The minimum atomic E-state index is -0.519. The maximum atomic E-state index is 11.9. The van der Waals surface area contributed by atoms with Crippen molar-refractivity contribution < 1.29 is 30.6 Å². The normalized spacial score (nSPS) is 14.6. The monoisotopic (exact) mass is 586 g/mol. The van der Waals surface area contributed by atoms with Crippen LogP contribution < -0.4 is 0 Å². The fourth-order valence-corrected chi connectivity index (χ4v) is 5.94. The first-order chi connectivity index (χ1) is 21.2. The molecule has 0 spiro atoms. The van der Waals surface area contributed by atoms with E-state index in [0.717, 1.165) is 33.4 Å². The second kappa shape index (κ2) is 12.2. The van der Waals surface area contributed by atoms with Crippen LogP contribution in [0.15, 0.2) is 109 Å². The Morgan fingerprint density at radius 1 is 0.500 bits per heavy atom. The summed E-state index contributed by atoms with van der Waals surface area (Å²) in [6, 6.07) is 24.6. The van der Waals surface area contributed by atoms with Crippen molar-refractivity contribution in [3.63, 3.8) is 0 Å². The van der Waals surface area contributed by atoms with E-state index >= 15 is 0 Å². The lowest BCUT2D eigenvalue weighted by Gasteiger charge is -2.21. The first-order valence-corrected chi connectivity index (χ1v) is 14.6. The number of hydrogen-bond acceptors (Lipinski definition) is 6. The molecule has 44 heavy (non-hydrogen) atoms. The molecule has 0 saturated carbocycles. The lowest BCUT2D eigenvalue weighted by molar-refractivity contribution is 0.225. The summed E-state index contributed by atoms with van der Waals surface area (Å²) in [5.74, 6) is 0.666. The third kappa shape index (κ3) is 6.26. The van der Waals surface area contributed by atoms with E-state index < -0.39 is 6.10 Å². The van der Waals surface area contributed by atoms with Gasteiger partial charge in [-0.15, -0.1) is 0 Å². The van der Waals surface area contributed by atoms with Gasteiger partial charge in [0.25, 0.3) is 0 Å². The Morgan fingerprint density at radius 2 is 0.886 bits per heavy atom. The van der Waals surface area contributed by atoms with Crippen molar-refractivity contribution in [1.29, 1.82) is 0 Å². The first-order valence-electron chi connectivity index (χ1n) is 14.6. The SMILES string of the molecule is Oc1ccc(Cc2cc(Cc3ccc(O)cc3)c3c(O)c(CC4=CCC(O)C=C4)cc(Cc4ccc(O)cc4)c3c2O)cc1. The van der Waals surface area contributed by atoms with Gasteiger partial charge in [-0.1, -0.05) is 66.8 Å². The maximum Gasteiger partial charge on any atom is 0.127 e. The Bertz CT molecular complexity index is 1870. The molecule has 0 bridgehead atoms.